The van der Waals surface area contributed by atoms with E-state index in [-0.39, 0.29) is 23.8 Å². The number of benzene rings is 2. The molecule has 0 radical (unpaired) electrons. The van der Waals surface area contributed by atoms with Gasteiger partial charge >= 0.3 is 12.1 Å². The highest BCUT2D eigenvalue weighted by Gasteiger charge is 2.30. The van der Waals surface area contributed by atoms with E-state index in [0.29, 0.717) is 0 Å². The van der Waals surface area contributed by atoms with Gasteiger partial charge in [-0.1, -0.05) is 63.2 Å². The molecule has 2 aromatic rings. The quantitative estimate of drug-likeness (QED) is 0.748. The van der Waals surface area contributed by atoms with Gasteiger partial charge in [-0.05, 0) is 28.2 Å². The molecule has 2 rings (SSSR count). The molecule has 0 heterocycles. The topological polar surface area (TPSA) is 66.4 Å². The SMILES string of the molecule is CC(C)(C)c1ccc(C[C@@H](NC(=O)Cc2cccc(C(F)(F)F)c2)C(=O)O)cc1. The molecule has 0 aliphatic carbocycles. The van der Waals surface area contributed by atoms with Crippen LogP contribution in [0.3, 0.4) is 0 Å². The van der Waals surface area contributed by atoms with Crippen LogP contribution in [-0.2, 0) is 34.0 Å². The highest BCUT2D eigenvalue weighted by molar-refractivity contribution is 5.85. The van der Waals surface area contributed by atoms with Crippen molar-refractivity contribution in [1.82, 2.24) is 5.32 Å². The van der Waals surface area contributed by atoms with Crippen molar-refractivity contribution in [3.63, 3.8) is 0 Å². The van der Waals surface area contributed by atoms with Gasteiger partial charge in [0, 0.05) is 6.42 Å². The molecular formula is C22H24F3NO3. The van der Waals surface area contributed by atoms with E-state index in [0.717, 1.165) is 23.3 Å². The lowest BCUT2D eigenvalue weighted by Gasteiger charge is -2.20. The van der Waals surface area contributed by atoms with Gasteiger partial charge in [-0.2, -0.15) is 13.2 Å². The molecule has 0 aliphatic heterocycles. The van der Waals surface area contributed by atoms with Crippen molar-refractivity contribution in [3.05, 3.63) is 70.8 Å². The molecule has 0 spiro atoms. The Labute approximate surface area is 167 Å². The van der Waals surface area contributed by atoms with Crippen LogP contribution in [0.15, 0.2) is 48.5 Å². The first-order valence-electron chi connectivity index (χ1n) is 9.14. The molecule has 0 fully saturated rings. The number of alkyl halides is 3. The van der Waals surface area contributed by atoms with Gasteiger partial charge in [0.25, 0.3) is 0 Å². The zero-order valence-corrected chi connectivity index (χ0v) is 16.5. The molecule has 0 aliphatic rings. The summed E-state index contributed by atoms with van der Waals surface area (Å²) in [5, 5.41) is 11.8. The molecule has 156 valence electrons. The van der Waals surface area contributed by atoms with Crippen LogP contribution in [0.1, 0.15) is 43.0 Å². The van der Waals surface area contributed by atoms with Crippen LogP contribution in [0.2, 0.25) is 0 Å². The smallest absolute Gasteiger partial charge is 0.416 e. The number of hydrogen-bond donors (Lipinski definition) is 2. The first kappa shape index (κ1) is 22.5. The number of amides is 1. The highest BCUT2D eigenvalue weighted by atomic mass is 19.4. The molecule has 0 saturated carbocycles. The van der Waals surface area contributed by atoms with Gasteiger partial charge in [0.15, 0.2) is 0 Å². The summed E-state index contributed by atoms with van der Waals surface area (Å²) in [6, 6.07) is 10.7. The van der Waals surface area contributed by atoms with Crippen LogP contribution in [0, 0.1) is 0 Å². The van der Waals surface area contributed by atoms with Crippen LogP contribution in [0.5, 0.6) is 0 Å². The first-order chi connectivity index (χ1) is 13.4. The lowest BCUT2D eigenvalue weighted by Crippen LogP contribution is -2.43. The Morgan fingerprint density at radius 2 is 1.59 bits per heavy atom. The number of hydrogen-bond acceptors (Lipinski definition) is 2. The van der Waals surface area contributed by atoms with E-state index in [9.17, 15) is 27.9 Å². The largest absolute Gasteiger partial charge is 0.480 e. The van der Waals surface area contributed by atoms with Gasteiger partial charge in [-0.15, -0.1) is 0 Å². The molecule has 0 bridgehead atoms. The van der Waals surface area contributed by atoms with Crippen LogP contribution in [-0.4, -0.2) is 23.0 Å². The summed E-state index contributed by atoms with van der Waals surface area (Å²) >= 11 is 0. The van der Waals surface area contributed by atoms with Gasteiger partial charge in [0.05, 0.1) is 12.0 Å². The summed E-state index contributed by atoms with van der Waals surface area (Å²) in [4.78, 5) is 23.7. The van der Waals surface area contributed by atoms with E-state index in [1.807, 2.05) is 24.3 Å². The molecule has 0 unspecified atom stereocenters. The maximum absolute atomic E-state index is 12.8. The van der Waals surface area contributed by atoms with E-state index in [1.165, 1.54) is 12.1 Å². The van der Waals surface area contributed by atoms with Gasteiger partial charge in [0.1, 0.15) is 6.04 Å². The predicted octanol–water partition coefficient (Wildman–Crippen LogP) is 4.36. The minimum atomic E-state index is -4.50. The van der Waals surface area contributed by atoms with Crippen molar-refractivity contribution >= 4 is 11.9 Å². The summed E-state index contributed by atoms with van der Waals surface area (Å²) in [5.41, 5.74) is 1.11. The Morgan fingerprint density at radius 1 is 0.966 bits per heavy atom. The summed E-state index contributed by atoms with van der Waals surface area (Å²) < 4.78 is 38.4. The zero-order valence-electron chi connectivity index (χ0n) is 16.5. The average Bonchev–Trinajstić information content (AvgIpc) is 2.60. The van der Waals surface area contributed by atoms with E-state index in [2.05, 4.69) is 26.1 Å². The maximum atomic E-state index is 12.8. The molecule has 2 N–H and O–H groups in total. The number of carbonyl (C=O) groups is 2. The standard InChI is InChI=1S/C22H24F3NO3/c1-21(2,3)16-9-7-14(8-10-16)12-18(20(28)29)26-19(27)13-15-5-4-6-17(11-15)22(23,24)25/h4-11,18H,12-13H2,1-3H3,(H,26,27)(H,28,29)/t18-/m1/s1. The summed E-state index contributed by atoms with van der Waals surface area (Å²) in [7, 11) is 0. The normalized spacial score (nSPS) is 13.0. The third-order valence-electron chi connectivity index (χ3n) is 4.51. The Balaban J connectivity index is 2.05. The highest BCUT2D eigenvalue weighted by Crippen LogP contribution is 2.29. The molecule has 0 aromatic heterocycles. The third-order valence-corrected chi connectivity index (χ3v) is 4.51. The van der Waals surface area contributed by atoms with Crippen molar-refractivity contribution in [3.8, 4) is 0 Å². The summed E-state index contributed by atoms with van der Waals surface area (Å²) in [5.74, 6) is -1.86. The molecule has 1 atom stereocenters. The van der Waals surface area contributed by atoms with E-state index in [4.69, 9.17) is 0 Å². The van der Waals surface area contributed by atoms with Crippen molar-refractivity contribution in [1.29, 1.82) is 0 Å². The van der Waals surface area contributed by atoms with Crippen LogP contribution in [0.25, 0.3) is 0 Å². The Morgan fingerprint density at radius 3 is 2.10 bits per heavy atom. The second kappa shape index (κ2) is 8.68. The fourth-order valence-corrected chi connectivity index (χ4v) is 2.86. The number of rotatable bonds is 6. The van der Waals surface area contributed by atoms with Gasteiger partial charge in [0.2, 0.25) is 5.91 Å². The average molecular weight is 407 g/mol. The Kier molecular flexibility index (Phi) is 6.72. The van der Waals surface area contributed by atoms with Crippen LogP contribution in [0.4, 0.5) is 13.2 Å². The zero-order chi connectivity index (χ0) is 21.8. The first-order valence-corrected chi connectivity index (χ1v) is 9.14. The minimum Gasteiger partial charge on any atom is -0.480 e. The predicted molar refractivity (Wildman–Crippen MR) is 104 cm³/mol. The second-order valence-corrected chi connectivity index (χ2v) is 7.98. The lowest BCUT2D eigenvalue weighted by atomic mass is 9.86. The molecular weight excluding hydrogens is 383 g/mol. The number of carbonyl (C=O) groups excluding carboxylic acids is 1. The molecule has 7 heteroatoms. The van der Waals surface area contributed by atoms with Gasteiger partial charge in [-0.3, -0.25) is 4.79 Å². The number of nitrogens with one attached hydrogen (secondary N) is 1. The summed E-state index contributed by atoms with van der Waals surface area (Å²) in [6.07, 6.45) is -4.76. The van der Waals surface area contributed by atoms with Crippen molar-refractivity contribution in [2.45, 2.75) is 51.2 Å². The Bertz CT molecular complexity index is 868. The number of carboxylic acid groups (broad SMARTS) is 1. The molecule has 2 aromatic carbocycles. The fraction of sp³-hybridized carbons (Fsp3) is 0.364. The van der Waals surface area contributed by atoms with E-state index >= 15 is 0 Å². The van der Waals surface area contributed by atoms with Crippen molar-refractivity contribution in [2.75, 3.05) is 0 Å². The molecule has 4 nitrogen and oxygen atoms in total. The van der Waals surface area contributed by atoms with Crippen LogP contribution < -0.4 is 5.32 Å². The number of aliphatic carboxylic acids is 1. The summed E-state index contributed by atoms with van der Waals surface area (Å²) in [6.45, 7) is 6.20. The minimum absolute atomic E-state index is 0.0378. The third kappa shape index (κ3) is 6.62. The maximum Gasteiger partial charge on any atom is 0.416 e. The van der Waals surface area contributed by atoms with E-state index < -0.39 is 29.7 Å². The lowest BCUT2D eigenvalue weighted by molar-refractivity contribution is -0.141. The van der Waals surface area contributed by atoms with Crippen LogP contribution >= 0.6 is 0 Å². The van der Waals surface area contributed by atoms with Gasteiger partial charge in [-0.25, -0.2) is 4.79 Å². The molecule has 1 amide bonds. The van der Waals surface area contributed by atoms with Crippen molar-refractivity contribution in [2.24, 2.45) is 0 Å². The van der Waals surface area contributed by atoms with Gasteiger partial charge < -0.3 is 10.4 Å². The molecule has 0 saturated heterocycles. The van der Waals surface area contributed by atoms with Crippen molar-refractivity contribution < 1.29 is 27.9 Å². The number of halogens is 3. The fourth-order valence-electron chi connectivity index (χ4n) is 2.86. The number of carboxylic acids is 1. The second-order valence-electron chi connectivity index (χ2n) is 7.98. The Hall–Kier alpha value is -2.83. The monoisotopic (exact) mass is 407 g/mol. The van der Waals surface area contributed by atoms with E-state index in [1.54, 1.807) is 0 Å². The molecule has 29 heavy (non-hydrogen) atoms.